The second-order valence-electron chi connectivity index (χ2n) is 6.67. The van der Waals surface area contributed by atoms with E-state index in [-0.39, 0.29) is 4.90 Å². The van der Waals surface area contributed by atoms with Crippen molar-refractivity contribution >= 4 is 26.7 Å². The van der Waals surface area contributed by atoms with Gasteiger partial charge in [0, 0.05) is 31.6 Å². The molecule has 1 aliphatic rings. The first kappa shape index (κ1) is 17.9. The van der Waals surface area contributed by atoms with Crippen LogP contribution < -0.4 is 4.90 Å². The predicted molar refractivity (Wildman–Crippen MR) is 104 cm³/mol. The zero-order valence-corrected chi connectivity index (χ0v) is 15.8. The third-order valence-electron chi connectivity index (χ3n) is 4.88. The minimum atomic E-state index is -3.61. The van der Waals surface area contributed by atoms with Crippen molar-refractivity contribution in [3.05, 3.63) is 66.0 Å². The molecule has 4 rings (SSSR count). The number of aryl methyl sites for hydroxylation is 1. The molecule has 0 saturated carbocycles. The summed E-state index contributed by atoms with van der Waals surface area (Å²) in [5.41, 5.74) is 2.00. The molecule has 2 heterocycles. The van der Waals surface area contributed by atoms with Crippen molar-refractivity contribution in [3.8, 4) is 0 Å². The molecule has 1 saturated heterocycles. The molecule has 7 heteroatoms. The first-order valence-electron chi connectivity index (χ1n) is 8.82. The number of hydrogen-bond donors (Lipinski definition) is 0. The Bertz CT molecular complexity index is 1080. The normalized spacial score (nSPS) is 16.0. The molecule has 3 aromatic rings. The molecule has 0 aliphatic carbocycles. The fourth-order valence-electron chi connectivity index (χ4n) is 3.43. The highest BCUT2D eigenvalue weighted by Gasteiger charge is 2.29. The lowest BCUT2D eigenvalue weighted by Gasteiger charge is -2.35. The van der Waals surface area contributed by atoms with E-state index in [1.165, 1.54) is 28.6 Å². The zero-order valence-electron chi connectivity index (χ0n) is 15.0. The van der Waals surface area contributed by atoms with E-state index in [9.17, 15) is 12.8 Å². The van der Waals surface area contributed by atoms with Crippen molar-refractivity contribution in [1.29, 1.82) is 0 Å². The number of rotatable bonds is 3. The van der Waals surface area contributed by atoms with Crippen molar-refractivity contribution in [1.82, 2.24) is 9.29 Å². The van der Waals surface area contributed by atoms with Gasteiger partial charge in [-0.15, -0.1) is 0 Å². The number of hydrogen-bond acceptors (Lipinski definition) is 4. The molecule has 0 bridgehead atoms. The number of aromatic nitrogens is 1. The molecule has 0 amide bonds. The Kier molecular flexibility index (Phi) is 4.57. The van der Waals surface area contributed by atoms with Gasteiger partial charge in [0.15, 0.2) is 0 Å². The van der Waals surface area contributed by atoms with Crippen LogP contribution in [-0.2, 0) is 10.0 Å². The van der Waals surface area contributed by atoms with E-state index in [2.05, 4.69) is 11.0 Å². The van der Waals surface area contributed by atoms with Crippen LogP contribution in [0.2, 0.25) is 0 Å². The second kappa shape index (κ2) is 6.90. The van der Waals surface area contributed by atoms with Crippen LogP contribution in [0.4, 0.5) is 10.2 Å². The lowest BCUT2D eigenvalue weighted by molar-refractivity contribution is 0.383. The van der Waals surface area contributed by atoms with E-state index in [4.69, 9.17) is 4.98 Å². The number of anilines is 1. The minimum Gasteiger partial charge on any atom is -0.354 e. The van der Waals surface area contributed by atoms with Crippen LogP contribution in [0.3, 0.4) is 0 Å². The van der Waals surface area contributed by atoms with Crippen LogP contribution in [0.25, 0.3) is 10.9 Å². The molecule has 0 N–H and O–H groups in total. The molecule has 2 aromatic carbocycles. The van der Waals surface area contributed by atoms with Crippen LogP contribution in [0.5, 0.6) is 0 Å². The molecule has 0 radical (unpaired) electrons. The first-order valence-corrected chi connectivity index (χ1v) is 10.3. The fraction of sp³-hybridized carbons (Fsp3) is 0.250. The Hall–Kier alpha value is -2.51. The summed E-state index contributed by atoms with van der Waals surface area (Å²) in [7, 11) is -3.61. The lowest BCUT2D eigenvalue weighted by atomic mass is 10.1. The summed E-state index contributed by atoms with van der Waals surface area (Å²) in [4.78, 5) is 7.02. The number of para-hydroxylation sites is 1. The Morgan fingerprint density at radius 3 is 2.33 bits per heavy atom. The van der Waals surface area contributed by atoms with Gasteiger partial charge in [-0.25, -0.2) is 17.8 Å². The van der Waals surface area contributed by atoms with Crippen molar-refractivity contribution in [2.45, 2.75) is 11.8 Å². The molecule has 0 unspecified atom stereocenters. The van der Waals surface area contributed by atoms with Gasteiger partial charge in [-0.1, -0.05) is 18.2 Å². The van der Waals surface area contributed by atoms with Gasteiger partial charge >= 0.3 is 0 Å². The monoisotopic (exact) mass is 385 g/mol. The number of benzene rings is 2. The van der Waals surface area contributed by atoms with E-state index in [0.717, 1.165) is 22.3 Å². The van der Waals surface area contributed by atoms with Gasteiger partial charge in [0.1, 0.15) is 11.6 Å². The fourth-order valence-corrected chi connectivity index (χ4v) is 4.85. The molecule has 1 aliphatic heterocycles. The quantitative estimate of drug-likeness (QED) is 0.695. The third kappa shape index (κ3) is 3.40. The van der Waals surface area contributed by atoms with E-state index in [1.807, 2.05) is 31.2 Å². The molecule has 27 heavy (non-hydrogen) atoms. The molecule has 0 spiro atoms. The van der Waals surface area contributed by atoms with Crippen LogP contribution in [0.1, 0.15) is 5.56 Å². The Labute approximate surface area is 158 Å². The average molecular weight is 385 g/mol. The highest BCUT2D eigenvalue weighted by Crippen LogP contribution is 2.25. The van der Waals surface area contributed by atoms with Gasteiger partial charge in [0.2, 0.25) is 10.0 Å². The molecule has 0 atom stereocenters. The molecular formula is C20H20FN3O2S. The van der Waals surface area contributed by atoms with Gasteiger partial charge in [-0.05, 0) is 48.9 Å². The number of piperazine rings is 1. The molecule has 1 fully saturated rings. The summed E-state index contributed by atoms with van der Waals surface area (Å²) in [5.74, 6) is 0.448. The first-order chi connectivity index (χ1) is 12.9. The molecule has 1 aromatic heterocycles. The van der Waals surface area contributed by atoms with Crippen molar-refractivity contribution in [2.24, 2.45) is 0 Å². The van der Waals surface area contributed by atoms with Crippen molar-refractivity contribution in [2.75, 3.05) is 31.1 Å². The third-order valence-corrected chi connectivity index (χ3v) is 6.79. The number of halogens is 1. The smallest absolute Gasteiger partial charge is 0.243 e. The van der Waals surface area contributed by atoms with Gasteiger partial charge in [-0.2, -0.15) is 4.31 Å². The zero-order chi connectivity index (χ0) is 19.0. The van der Waals surface area contributed by atoms with Crippen LogP contribution in [-0.4, -0.2) is 43.9 Å². The van der Waals surface area contributed by atoms with Crippen LogP contribution >= 0.6 is 0 Å². The number of nitrogens with zero attached hydrogens (tertiary/aromatic N) is 3. The Morgan fingerprint density at radius 1 is 0.963 bits per heavy atom. The van der Waals surface area contributed by atoms with Gasteiger partial charge < -0.3 is 4.90 Å². The number of sulfonamides is 1. The molecule has 140 valence electrons. The maximum Gasteiger partial charge on any atom is 0.243 e. The maximum atomic E-state index is 13.1. The summed E-state index contributed by atoms with van der Waals surface area (Å²) in [6.07, 6.45) is 0. The topological polar surface area (TPSA) is 53.5 Å². The van der Waals surface area contributed by atoms with E-state index < -0.39 is 15.8 Å². The number of pyridine rings is 1. The summed E-state index contributed by atoms with van der Waals surface area (Å²) in [6, 6.07) is 15.0. The van der Waals surface area contributed by atoms with Crippen molar-refractivity contribution in [3.63, 3.8) is 0 Å². The summed E-state index contributed by atoms with van der Waals surface area (Å²) in [5, 5.41) is 1.09. The highest BCUT2D eigenvalue weighted by atomic mass is 32.2. The maximum absolute atomic E-state index is 13.1. The lowest BCUT2D eigenvalue weighted by Crippen LogP contribution is -2.49. The average Bonchev–Trinajstić information content (AvgIpc) is 2.68. The summed E-state index contributed by atoms with van der Waals surface area (Å²) in [6.45, 7) is 3.89. The standard InChI is InChI=1S/C20H20FN3O2S/c1-15-14-16-4-2-3-5-19(16)22-20(15)23-10-12-24(13-11-23)27(25,26)18-8-6-17(21)7-9-18/h2-9,14H,10-13H2,1H3. The Morgan fingerprint density at radius 2 is 1.63 bits per heavy atom. The highest BCUT2D eigenvalue weighted by molar-refractivity contribution is 7.89. The van der Waals surface area contributed by atoms with Crippen LogP contribution in [0.15, 0.2) is 59.5 Å². The van der Waals surface area contributed by atoms with Gasteiger partial charge in [0.25, 0.3) is 0 Å². The van der Waals surface area contributed by atoms with E-state index in [0.29, 0.717) is 26.2 Å². The van der Waals surface area contributed by atoms with Crippen LogP contribution in [0, 0.1) is 12.7 Å². The Balaban J connectivity index is 1.54. The SMILES string of the molecule is Cc1cc2ccccc2nc1N1CCN(S(=O)(=O)c2ccc(F)cc2)CC1. The van der Waals surface area contributed by atoms with Crippen molar-refractivity contribution < 1.29 is 12.8 Å². The molecule has 5 nitrogen and oxygen atoms in total. The largest absolute Gasteiger partial charge is 0.354 e. The molecular weight excluding hydrogens is 365 g/mol. The summed E-state index contributed by atoms with van der Waals surface area (Å²) >= 11 is 0. The van der Waals surface area contributed by atoms with Gasteiger partial charge in [-0.3, -0.25) is 0 Å². The van der Waals surface area contributed by atoms with Gasteiger partial charge in [0.05, 0.1) is 10.4 Å². The second-order valence-corrected chi connectivity index (χ2v) is 8.60. The van der Waals surface area contributed by atoms with E-state index >= 15 is 0 Å². The van der Waals surface area contributed by atoms with E-state index in [1.54, 1.807) is 0 Å². The predicted octanol–water partition coefficient (Wildman–Crippen LogP) is 3.19. The minimum absolute atomic E-state index is 0.123. The number of fused-ring (bicyclic) bond motifs is 1. The summed E-state index contributed by atoms with van der Waals surface area (Å²) < 4.78 is 40.0.